The Morgan fingerprint density at radius 3 is 2.52 bits per heavy atom. The molecular formula is C22H28N2O3. The van der Waals surface area contributed by atoms with Crippen molar-refractivity contribution in [2.24, 2.45) is 0 Å². The zero-order chi connectivity index (χ0) is 19.2. The number of amides is 1. The predicted molar refractivity (Wildman–Crippen MR) is 106 cm³/mol. The van der Waals surface area contributed by atoms with Crippen LogP contribution in [0.5, 0.6) is 11.5 Å². The summed E-state index contributed by atoms with van der Waals surface area (Å²) in [6, 6.07) is 15.9. The summed E-state index contributed by atoms with van der Waals surface area (Å²) < 4.78 is 11.6. The molecule has 2 aromatic carbocycles. The molecule has 144 valence electrons. The maximum absolute atomic E-state index is 12.4. The topological polar surface area (TPSA) is 59.6 Å². The second-order valence-electron chi connectivity index (χ2n) is 6.95. The van der Waals surface area contributed by atoms with E-state index >= 15 is 0 Å². The average molecular weight is 368 g/mol. The molecular weight excluding hydrogens is 340 g/mol. The van der Waals surface area contributed by atoms with Gasteiger partial charge < -0.3 is 14.8 Å². The van der Waals surface area contributed by atoms with Crippen LogP contribution in [0, 0.1) is 0 Å². The monoisotopic (exact) mass is 368 g/mol. The lowest BCUT2D eigenvalue weighted by atomic mass is 10.0. The summed E-state index contributed by atoms with van der Waals surface area (Å²) >= 11 is 0. The molecule has 2 aromatic rings. The Balaban J connectivity index is 1.46. The lowest BCUT2D eigenvalue weighted by Crippen LogP contribution is -2.47. The van der Waals surface area contributed by atoms with E-state index in [0.717, 1.165) is 17.9 Å². The molecule has 5 nitrogen and oxygen atoms in total. The van der Waals surface area contributed by atoms with Crippen molar-refractivity contribution in [2.75, 3.05) is 13.2 Å². The largest absolute Gasteiger partial charge is 0.486 e. The first-order chi connectivity index (χ1) is 13.1. The van der Waals surface area contributed by atoms with E-state index in [4.69, 9.17) is 9.47 Å². The highest BCUT2D eigenvalue weighted by atomic mass is 16.6. The zero-order valence-corrected chi connectivity index (χ0v) is 16.2. The minimum atomic E-state index is -0.303. The molecule has 0 saturated heterocycles. The molecule has 0 fully saturated rings. The third-order valence-corrected chi connectivity index (χ3v) is 4.85. The van der Waals surface area contributed by atoms with Gasteiger partial charge in [0.2, 0.25) is 5.91 Å². The van der Waals surface area contributed by atoms with Gasteiger partial charge in [-0.25, -0.2) is 0 Å². The number of benzene rings is 2. The number of aryl methyl sites for hydroxylation is 1. The van der Waals surface area contributed by atoms with Crippen molar-refractivity contribution >= 4 is 5.91 Å². The minimum Gasteiger partial charge on any atom is -0.486 e. The van der Waals surface area contributed by atoms with E-state index in [2.05, 4.69) is 48.7 Å². The second kappa shape index (κ2) is 8.91. The minimum absolute atomic E-state index is 0.0468. The van der Waals surface area contributed by atoms with Crippen molar-refractivity contribution in [1.29, 1.82) is 0 Å². The molecule has 0 aliphatic carbocycles. The fraction of sp³-hybridized carbons (Fsp3) is 0.409. The summed E-state index contributed by atoms with van der Waals surface area (Å²) in [5.74, 6) is 1.42. The molecule has 1 heterocycles. The van der Waals surface area contributed by atoms with E-state index in [0.29, 0.717) is 13.2 Å². The Morgan fingerprint density at radius 1 is 1.11 bits per heavy atom. The first-order valence-electron chi connectivity index (χ1n) is 9.58. The number of fused-ring (bicyclic) bond motifs is 1. The Kier molecular flexibility index (Phi) is 6.35. The summed E-state index contributed by atoms with van der Waals surface area (Å²) in [7, 11) is 0. The van der Waals surface area contributed by atoms with Crippen LogP contribution < -0.4 is 20.1 Å². The quantitative estimate of drug-likeness (QED) is 0.788. The van der Waals surface area contributed by atoms with Crippen LogP contribution in [0.25, 0.3) is 0 Å². The SMILES string of the molecule is CCc1ccc(C(C)NC(C)C(=O)NCC2COc3ccccc3O2)cc1. The molecule has 2 N–H and O–H groups in total. The van der Waals surface area contributed by atoms with Crippen molar-refractivity contribution < 1.29 is 14.3 Å². The van der Waals surface area contributed by atoms with Crippen molar-refractivity contribution in [3.63, 3.8) is 0 Å². The van der Waals surface area contributed by atoms with Gasteiger partial charge in [-0.05, 0) is 43.5 Å². The molecule has 0 spiro atoms. The highest BCUT2D eigenvalue weighted by molar-refractivity contribution is 5.81. The molecule has 3 rings (SSSR count). The van der Waals surface area contributed by atoms with Gasteiger partial charge in [0.25, 0.3) is 0 Å². The van der Waals surface area contributed by atoms with Crippen molar-refractivity contribution in [2.45, 2.75) is 45.4 Å². The first kappa shape index (κ1) is 19.2. The Labute approximate surface area is 161 Å². The van der Waals surface area contributed by atoms with E-state index in [1.165, 1.54) is 11.1 Å². The van der Waals surface area contributed by atoms with Crippen LogP contribution in [0.15, 0.2) is 48.5 Å². The number of nitrogens with one attached hydrogen (secondary N) is 2. The Hall–Kier alpha value is -2.53. The van der Waals surface area contributed by atoms with Crippen LogP contribution in [0.3, 0.4) is 0 Å². The lowest BCUT2D eigenvalue weighted by molar-refractivity contribution is -0.123. The molecule has 5 heteroatoms. The number of carbonyl (C=O) groups is 1. The van der Waals surface area contributed by atoms with Gasteiger partial charge in [-0.15, -0.1) is 0 Å². The normalized spacial score (nSPS) is 17.8. The summed E-state index contributed by atoms with van der Waals surface area (Å²) in [6.45, 7) is 6.93. The molecule has 1 amide bonds. The molecule has 0 radical (unpaired) electrons. The van der Waals surface area contributed by atoms with Gasteiger partial charge in [-0.1, -0.05) is 43.3 Å². The number of rotatable bonds is 7. The van der Waals surface area contributed by atoms with Crippen molar-refractivity contribution in [3.05, 3.63) is 59.7 Å². The number of para-hydroxylation sites is 2. The third-order valence-electron chi connectivity index (χ3n) is 4.85. The molecule has 27 heavy (non-hydrogen) atoms. The second-order valence-corrected chi connectivity index (χ2v) is 6.95. The number of carbonyl (C=O) groups excluding carboxylic acids is 1. The van der Waals surface area contributed by atoms with E-state index < -0.39 is 0 Å². The molecule has 3 atom stereocenters. The maximum atomic E-state index is 12.4. The molecule has 3 unspecified atom stereocenters. The number of ether oxygens (including phenoxy) is 2. The van der Waals surface area contributed by atoms with Crippen LogP contribution in [0.4, 0.5) is 0 Å². The Morgan fingerprint density at radius 2 is 1.81 bits per heavy atom. The fourth-order valence-corrected chi connectivity index (χ4v) is 3.12. The molecule has 0 aromatic heterocycles. The van der Waals surface area contributed by atoms with Gasteiger partial charge in [0.05, 0.1) is 12.6 Å². The molecule has 0 bridgehead atoms. The standard InChI is InChI=1S/C22H28N2O3/c1-4-17-9-11-18(12-10-17)15(2)24-16(3)22(25)23-13-19-14-26-20-7-5-6-8-21(20)27-19/h5-12,15-16,19,24H,4,13-14H2,1-3H3,(H,23,25). The van der Waals surface area contributed by atoms with Crippen LogP contribution in [0.2, 0.25) is 0 Å². The summed E-state index contributed by atoms with van der Waals surface area (Å²) in [5.41, 5.74) is 2.49. The van der Waals surface area contributed by atoms with E-state index in [-0.39, 0.29) is 24.1 Å². The average Bonchev–Trinajstić information content (AvgIpc) is 2.71. The first-order valence-corrected chi connectivity index (χ1v) is 9.58. The molecule has 1 aliphatic rings. The van der Waals surface area contributed by atoms with Gasteiger partial charge in [0.1, 0.15) is 12.7 Å². The summed E-state index contributed by atoms with van der Waals surface area (Å²) in [6.07, 6.45) is 0.841. The smallest absolute Gasteiger partial charge is 0.236 e. The highest BCUT2D eigenvalue weighted by Crippen LogP contribution is 2.30. The van der Waals surface area contributed by atoms with E-state index in [9.17, 15) is 4.79 Å². The summed E-state index contributed by atoms with van der Waals surface area (Å²) in [4.78, 5) is 12.4. The number of hydrogen-bond donors (Lipinski definition) is 2. The fourth-order valence-electron chi connectivity index (χ4n) is 3.12. The highest BCUT2D eigenvalue weighted by Gasteiger charge is 2.22. The molecule has 0 saturated carbocycles. The van der Waals surface area contributed by atoms with Crippen molar-refractivity contribution in [3.8, 4) is 11.5 Å². The lowest BCUT2D eigenvalue weighted by Gasteiger charge is -2.27. The number of hydrogen-bond acceptors (Lipinski definition) is 4. The van der Waals surface area contributed by atoms with Crippen LogP contribution in [-0.2, 0) is 11.2 Å². The Bertz CT molecular complexity index is 760. The predicted octanol–water partition coefficient (Wildman–Crippen LogP) is 3.24. The zero-order valence-electron chi connectivity index (χ0n) is 16.2. The van der Waals surface area contributed by atoms with Crippen LogP contribution in [-0.4, -0.2) is 31.2 Å². The van der Waals surface area contributed by atoms with Gasteiger partial charge in [-0.2, -0.15) is 0 Å². The maximum Gasteiger partial charge on any atom is 0.236 e. The summed E-state index contributed by atoms with van der Waals surface area (Å²) in [5, 5.41) is 6.30. The van der Waals surface area contributed by atoms with E-state index in [1.807, 2.05) is 31.2 Å². The molecule has 1 aliphatic heterocycles. The van der Waals surface area contributed by atoms with E-state index in [1.54, 1.807) is 0 Å². The van der Waals surface area contributed by atoms with Gasteiger partial charge >= 0.3 is 0 Å². The van der Waals surface area contributed by atoms with Crippen LogP contribution >= 0.6 is 0 Å². The van der Waals surface area contributed by atoms with Gasteiger partial charge in [0.15, 0.2) is 11.5 Å². The van der Waals surface area contributed by atoms with Crippen LogP contribution in [0.1, 0.15) is 37.9 Å². The van der Waals surface area contributed by atoms with Gasteiger partial charge in [0, 0.05) is 6.04 Å². The van der Waals surface area contributed by atoms with Gasteiger partial charge in [-0.3, -0.25) is 10.1 Å². The van der Waals surface area contributed by atoms with Crippen molar-refractivity contribution in [1.82, 2.24) is 10.6 Å². The third kappa shape index (κ3) is 5.01.